The van der Waals surface area contributed by atoms with E-state index in [1.165, 1.54) is 28.0 Å². The highest BCUT2D eigenvalue weighted by Gasteiger charge is 2.60. The molecular formula is C14H14F3N5O6S2. The van der Waals surface area contributed by atoms with Crippen LogP contribution in [0, 0.1) is 5.92 Å². The number of carbonyl (C=O) groups is 3. The van der Waals surface area contributed by atoms with Crippen LogP contribution in [-0.4, -0.2) is 73.9 Å². The van der Waals surface area contributed by atoms with Crippen molar-refractivity contribution in [3.63, 3.8) is 0 Å². The number of piperidine rings is 1. The molecule has 16 heteroatoms. The van der Waals surface area contributed by atoms with Gasteiger partial charge in [0, 0.05) is 17.2 Å². The van der Waals surface area contributed by atoms with Crippen molar-refractivity contribution in [3.05, 3.63) is 11.5 Å². The van der Waals surface area contributed by atoms with Crippen LogP contribution in [0.1, 0.15) is 6.42 Å². The molecule has 30 heavy (non-hydrogen) atoms. The zero-order chi connectivity index (χ0) is 22.2. The van der Waals surface area contributed by atoms with Crippen LogP contribution < -0.4 is 11.1 Å². The van der Waals surface area contributed by atoms with Crippen molar-refractivity contribution in [2.45, 2.75) is 29.0 Å². The van der Waals surface area contributed by atoms with Crippen LogP contribution in [0.15, 0.2) is 15.8 Å². The molecule has 0 aliphatic carbocycles. The van der Waals surface area contributed by atoms with Crippen molar-refractivity contribution in [2.75, 3.05) is 18.0 Å². The average molecular weight is 469 g/mol. The van der Waals surface area contributed by atoms with Gasteiger partial charge in [0.1, 0.15) is 6.04 Å². The number of nitrogens with two attached hydrogens (primary N) is 1. The predicted molar refractivity (Wildman–Crippen MR) is 95.4 cm³/mol. The van der Waals surface area contributed by atoms with Gasteiger partial charge >= 0.3 is 18.3 Å². The van der Waals surface area contributed by atoms with Crippen molar-refractivity contribution in [3.8, 4) is 0 Å². The molecule has 2 fully saturated rings. The Labute approximate surface area is 174 Å². The first-order valence-corrected chi connectivity index (χ1v) is 10.0. The third-order valence-corrected chi connectivity index (χ3v) is 6.45. The number of carboxylic acids is 1. The SMILES string of the molecule is Nc1nnc(SCC2=C(OC(=O)O)N3C(=O)[C@H]4NCCC2[C@H]43)s1.O=C(O)C(F)(F)F. The Morgan fingerprint density at radius 1 is 1.37 bits per heavy atom. The van der Waals surface area contributed by atoms with Crippen LogP contribution in [0.2, 0.25) is 0 Å². The molecule has 1 aromatic rings. The molecule has 3 aliphatic heterocycles. The topological polar surface area (TPSA) is 168 Å². The molecule has 3 atom stereocenters. The maximum Gasteiger partial charge on any atom is 0.512 e. The summed E-state index contributed by atoms with van der Waals surface area (Å²) in [5.41, 5.74) is 6.41. The Hall–Kier alpha value is -2.59. The van der Waals surface area contributed by atoms with Gasteiger partial charge in [0.25, 0.3) is 0 Å². The van der Waals surface area contributed by atoms with Crippen LogP contribution in [0.5, 0.6) is 0 Å². The summed E-state index contributed by atoms with van der Waals surface area (Å²) >= 11 is 2.70. The van der Waals surface area contributed by atoms with E-state index in [1.54, 1.807) is 0 Å². The van der Waals surface area contributed by atoms with Crippen LogP contribution in [0.4, 0.5) is 23.1 Å². The van der Waals surface area contributed by atoms with Gasteiger partial charge in [-0.1, -0.05) is 23.1 Å². The lowest BCUT2D eigenvalue weighted by atomic mass is 9.80. The number of carbonyl (C=O) groups excluding carboxylic acids is 1. The number of nitrogens with one attached hydrogen (secondary N) is 1. The summed E-state index contributed by atoms with van der Waals surface area (Å²) in [5, 5.41) is 27.4. The van der Waals surface area contributed by atoms with Gasteiger partial charge < -0.3 is 26.0 Å². The van der Waals surface area contributed by atoms with E-state index in [0.717, 1.165) is 18.5 Å². The second-order valence-electron chi connectivity index (χ2n) is 6.22. The molecule has 5 N–H and O–H groups in total. The van der Waals surface area contributed by atoms with Crippen LogP contribution in [0.25, 0.3) is 0 Å². The minimum atomic E-state index is -5.08. The van der Waals surface area contributed by atoms with Crippen molar-refractivity contribution < 1.29 is 42.5 Å². The van der Waals surface area contributed by atoms with Gasteiger partial charge in [-0.15, -0.1) is 10.2 Å². The number of ether oxygens (including phenoxy) is 1. The summed E-state index contributed by atoms with van der Waals surface area (Å²) in [6, 6.07) is -0.276. The number of carboxylic acid groups (broad SMARTS) is 2. The Morgan fingerprint density at radius 3 is 2.57 bits per heavy atom. The predicted octanol–water partition coefficient (Wildman–Crippen LogP) is 0.954. The number of nitrogens with zero attached hydrogens (tertiary/aromatic N) is 3. The molecule has 164 valence electrons. The fraction of sp³-hybridized carbons (Fsp3) is 0.500. The highest BCUT2D eigenvalue weighted by Crippen LogP contribution is 2.48. The van der Waals surface area contributed by atoms with Gasteiger partial charge in [-0.25, -0.2) is 9.59 Å². The summed E-state index contributed by atoms with van der Waals surface area (Å²) in [5.74, 6) is -2.10. The number of nitrogen functional groups attached to an aromatic ring is 1. The van der Waals surface area contributed by atoms with E-state index >= 15 is 0 Å². The van der Waals surface area contributed by atoms with E-state index in [9.17, 15) is 22.8 Å². The van der Waals surface area contributed by atoms with E-state index in [-0.39, 0.29) is 29.8 Å². The lowest BCUT2D eigenvalue weighted by Gasteiger charge is -2.48. The number of β-lactam (4-membered cyclic amide) rings is 1. The van der Waals surface area contributed by atoms with Crippen molar-refractivity contribution >= 4 is 46.3 Å². The van der Waals surface area contributed by atoms with E-state index in [2.05, 4.69) is 15.5 Å². The number of thioether (sulfide) groups is 1. The first-order valence-electron chi connectivity index (χ1n) is 8.23. The molecule has 1 amide bonds. The summed E-state index contributed by atoms with van der Waals surface area (Å²) < 4.78 is 37.4. The standard InChI is InChI=1S/C12H13N5O4S2.C2HF3O2/c13-10-15-16-11(23-10)22-3-5-4-1-2-14-6-7(4)17(8(6)18)9(5)21-12(19)20;3-2(4,5)1(6)7/h4,6-7,14H,1-3H2,(H2,13,15)(H,19,20);(H,6,7)/t4?,6-,7+;/m0./s1. The third kappa shape index (κ3) is 4.29. The maximum absolute atomic E-state index is 12.2. The smallest absolute Gasteiger partial charge is 0.475 e. The fourth-order valence-electron chi connectivity index (χ4n) is 3.41. The minimum Gasteiger partial charge on any atom is -0.475 e. The number of aromatic nitrogens is 2. The van der Waals surface area contributed by atoms with E-state index in [1.807, 2.05) is 0 Å². The largest absolute Gasteiger partial charge is 0.512 e. The molecule has 0 bridgehead atoms. The van der Waals surface area contributed by atoms with Gasteiger partial charge in [0.05, 0.1) is 6.04 Å². The average Bonchev–Trinajstić information content (AvgIpc) is 3.18. The molecule has 4 rings (SSSR count). The van der Waals surface area contributed by atoms with E-state index in [0.29, 0.717) is 15.2 Å². The summed E-state index contributed by atoms with van der Waals surface area (Å²) in [6.07, 6.45) is -5.66. The second kappa shape index (κ2) is 8.27. The molecule has 1 unspecified atom stereocenters. The molecule has 4 heterocycles. The molecule has 0 saturated carbocycles. The summed E-state index contributed by atoms with van der Waals surface area (Å²) in [7, 11) is 0. The van der Waals surface area contributed by atoms with Gasteiger partial charge in [0.15, 0.2) is 4.34 Å². The molecule has 0 spiro atoms. The molecule has 0 radical (unpaired) electrons. The summed E-state index contributed by atoms with van der Waals surface area (Å²) in [4.78, 5) is 33.5. The van der Waals surface area contributed by atoms with Crippen LogP contribution >= 0.6 is 23.1 Å². The maximum atomic E-state index is 12.2. The molecule has 11 nitrogen and oxygen atoms in total. The lowest BCUT2D eigenvalue weighted by Crippen LogP contribution is -2.71. The number of amides is 1. The number of halogens is 3. The van der Waals surface area contributed by atoms with Gasteiger partial charge in [-0.05, 0) is 13.0 Å². The Balaban J connectivity index is 0.000000318. The van der Waals surface area contributed by atoms with Gasteiger partial charge in [-0.3, -0.25) is 9.69 Å². The van der Waals surface area contributed by atoms with E-state index in [4.69, 9.17) is 25.5 Å². The zero-order valence-electron chi connectivity index (χ0n) is 14.8. The fourth-order valence-corrected chi connectivity index (χ4v) is 5.13. The van der Waals surface area contributed by atoms with E-state index < -0.39 is 18.3 Å². The molecule has 3 aliphatic rings. The Bertz CT molecular complexity index is 907. The second-order valence-corrected chi connectivity index (χ2v) is 8.45. The van der Waals surface area contributed by atoms with Gasteiger partial charge in [-0.2, -0.15) is 13.2 Å². The van der Waals surface area contributed by atoms with Crippen LogP contribution in [0.3, 0.4) is 0 Å². The third-order valence-electron chi connectivity index (χ3n) is 4.52. The number of anilines is 1. The quantitative estimate of drug-likeness (QED) is 0.281. The lowest BCUT2D eigenvalue weighted by molar-refractivity contribution is -0.192. The zero-order valence-corrected chi connectivity index (χ0v) is 16.4. The van der Waals surface area contributed by atoms with Crippen molar-refractivity contribution in [2.24, 2.45) is 5.92 Å². The number of alkyl halides is 3. The number of aliphatic carboxylic acids is 1. The van der Waals surface area contributed by atoms with Crippen molar-refractivity contribution in [1.29, 1.82) is 0 Å². The number of hydrogen-bond donors (Lipinski definition) is 4. The highest BCUT2D eigenvalue weighted by atomic mass is 32.2. The number of hydrogen-bond acceptors (Lipinski definition) is 10. The monoisotopic (exact) mass is 469 g/mol. The minimum absolute atomic E-state index is 0.0410. The first kappa shape index (κ1) is 22.1. The highest BCUT2D eigenvalue weighted by molar-refractivity contribution is 8.01. The number of rotatable bonds is 4. The van der Waals surface area contributed by atoms with Crippen LogP contribution in [-0.2, 0) is 14.3 Å². The molecular weight excluding hydrogens is 455 g/mol. The normalized spacial score (nSPS) is 24.6. The molecule has 1 aromatic heterocycles. The summed E-state index contributed by atoms with van der Waals surface area (Å²) in [6.45, 7) is 0.728. The van der Waals surface area contributed by atoms with Crippen molar-refractivity contribution in [1.82, 2.24) is 20.4 Å². The Morgan fingerprint density at radius 2 is 2.03 bits per heavy atom. The first-order chi connectivity index (χ1) is 14.0. The molecule has 2 saturated heterocycles. The Kier molecular flexibility index (Phi) is 6.09. The van der Waals surface area contributed by atoms with Gasteiger partial charge in [0.2, 0.25) is 16.9 Å². The molecule has 0 aromatic carbocycles.